The minimum absolute atomic E-state index is 0.154. The van der Waals surface area contributed by atoms with Crippen molar-refractivity contribution in [2.75, 3.05) is 12.4 Å². The van der Waals surface area contributed by atoms with Crippen molar-refractivity contribution in [2.45, 2.75) is 23.9 Å². The van der Waals surface area contributed by atoms with Gasteiger partial charge in [-0.15, -0.1) is 5.10 Å². The first kappa shape index (κ1) is 19.1. The maximum atomic E-state index is 12.5. The SMILES string of the molecule is COC(=O)C1=C(C)Nc2nc(SCc3ccccc3)nn2C1c1ccc(O)cc1. The fraction of sp³-hybridized carbons (Fsp3) is 0.190. The van der Waals surface area contributed by atoms with Crippen molar-refractivity contribution in [1.82, 2.24) is 14.8 Å². The van der Waals surface area contributed by atoms with Gasteiger partial charge in [0.05, 0.1) is 12.7 Å². The van der Waals surface area contributed by atoms with E-state index in [1.165, 1.54) is 24.4 Å². The van der Waals surface area contributed by atoms with Crippen LogP contribution in [0.3, 0.4) is 0 Å². The molecular formula is C21H20N4O3S. The number of thioether (sulfide) groups is 1. The minimum Gasteiger partial charge on any atom is -0.508 e. The van der Waals surface area contributed by atoms with Gasteiger partial charge < -0.3 is 15.2 Å². The Bertz CT molecular complexity index is 1060. The second-order valence-corrected chi connectivity index (χ2v) is 7.53. The van der Waals surface area contributed by atoms with E-state index in [0.29, 0.717) is 22.4 Å². The van der Waals surface area contributed by atoms with Gasteiger partial charge in [-0.1, -0.05) is 54.2 Å². The number of aromatic nitrogens is 3. The van der Waals surface area contributed by atoms with E-state index < -0.39 is 12.0 Å². The zero-order chi connectivity index (χ0) is 20.4. The fourth-order valence-electron chi connectivity index (χ4n) is 3.25. The monoisotopic (exact) mass is 408 g/mol. The molecule has 1 aliphatic heterocycles. The van der Waals surface area contributed by atoms with Gasteiger partial charge >= 0.3 is 5.97 Å². The maximum absolute atomic E-state index is 12.5. The number of esters is 1. The predicted molar refractivity (Wildman–Crippen MR) is 111 cm³/mol. The Labute approximate surface area is 172 Å². The van der Waals surface area contributed by atoms with Crippen LogP contribution >= 0.6 is 11.8 Å². The number of fused-ring (bicyclic) bond motifs is 1. The van der Waals surface area contributed by atoms with Crippen LogP contribution in [0.5, 0.6) is 5.75 Å². The van der Waals surface area contributed by atoms with E-state index >= 15 is 0 Å². The Hall–Kier alpha value is -3.26. The molecule has 1 unspecified atom stereocenters. The summed E-state index contributed by atoms with van der Waals surface area (Å²) in [4.78, 5) is 17.1. The molecule has 3 aromatic rings. The lowest BCUT2D eigenvalue weighted by molar-refractivity contribution is -0.136. The summed E-state index contributed by atoms with van der Waals surface area (Å²) in [5.41, 5.74) is 3.09. The highest BCUT2D eigenvalue weighted by Crippen LogP contribution is 2.37. The van der Waals surface area contributed by atoms with Crippen LogP contribution in [0.15, 0.2) is 71.0 Å². The number of hydrogen-bond acceptors (Lipinski definition) is 7. The third kappa shape index (κ3) is 3.84. The van der Waals surface area contributed by atoms with Crippen molar-refractivity contribution in [1.29, 1.82) is 0 Å². The van der Waals surface area contributed by atoms with Crippen LogP contribution in [0, 0.1) is 0 Å². The molecule has 0 radical (unpaired) electrons. The summed E-state index contributed by atoms with van der Waals surface area (Å²) in [5.74, 6) is 1.02. The van der Waals surface area contributed by atoms with Gasteiger partial charge in [0.2, 0.25) is 11.1 Å². The summed E-state index contributed by atoms with van der Waals surface area (Å²) < 4.78 is 6.70. The molecule has 0 saturated carbocycles. The van der Waals surface area contributed by atoms with E-state index in [9.17, 15) is 9.90 Å². The second kappa shape index (κ2) is 8.00. The van der Waals surface area contributed by atoms with Crippen LogP contribution in [0.1, 0.15) is 24.1 Å². The van der Waals surface area contributed by atoms with E-state index in [2.05, 4.69) is 27.5 Å². The summed E-state index contributed by atoms with van der Waals surface area (Å²) in [6.45, 7) is 1.81. The summed E-state index contributed by atoms with van der Waals surface area (Å²) in [5, 5.41) is 18.1. The number of phenolic OH excluding ortho intramolecular Hbond substituents is 1. The third-order valence-corrected chi connectivity index (χ3v) is 5.57. The van der Waals surface area contributed by atoms with E-state index in [-0.39, 0.29) is 5.75 Å². The highest BCUT2D eigenvalue weighted by molar-refractivity contribution is 7.98. The first-order chi connectivity index (χ1) is 14.1. The molecule has 2 N–H and O–H groups in total. The van der Waals surface area contributed by atoms with Crippen LogP contribution in [0.4, 0.5) is 5.95 Å². The number of benzene rings is 2. The molecule has 0 fully saturated rings. The molecule has 1 atom stereocenters. The molecule has 1 aliphatic rings. The Kier molecular flexibility index (Phi) is 5.26. The number of anilines is 1. The average molecular weight is 408 g/mol. The summed E-state index contributed by atoms with van der Waals surface area (Å²) >= 11 is 1.53. The van der Waals surface area contributed by atoms with Crippen molar-refractivity contribution in [3.8, 4) is 5.75 Å². The zero-order valence-electron chi connectivity index (χ0n) is 16.0. The largest absolute Gasteiger partial charge is 0.508 e. The van der Waals surface area contributed by atoms with Gasteiger partial charge in [0.1, 0.15) is 11.8 Å². The third-order valence-electron chi connectivity index (χ3n) is 4.66. The van der Waals surface area contributed by atoms with Gasteiger partial charge in [0.15, 0.2) is 0 Å². The van der Waals surface area contributed by atoms with Gasteiger partial charge in [-0.25, -0.2) is 9.48 Å². The number of rotatable bonds is 5. The van der Waals surface area contributed by atoms with Crippen molar-refractivity contribution in [3.05, 3.63) is 77.0 Å². The first-order valence-corrected chi connectivity index (χ1v) is 10.0. The number of allylic oxidation sites excluding steroid dienone is 1. The lowest BCUT2D eigenvalue weighted by atomic mass is 9.96. The van der Waals surface area contributed by atoms with Crippen molar-refractivity contribution >= 4 is 23.7 Å². The van der Waals surface area contributed by atoms with E-state index in [1.54, 1.807) is 28.9 Å². The molecule has 0 amide bonds. The summed E-state index contributed by atoms with van der Waals surface area (Å²) in [6.07, 6.45) is 0. The Morgan fingerprint density at radius 3 is 2.62 bits per heavy atom. The van der Waals surface area contributed by atoms with Crippen LogP contribution in [-0.2, 0) is 15.3 Å². The lowest BCUT2D eigenvalue weighted by Gasteiger charge is -2.27. The Morgan fingerprint density at radius 2 is 1.93 bits per heavy atom. The Morgan fingerprint density at radius 1 is 1.21 bits per heavy atom. The number of ether oxygens (including phenoxy) is 1. The van der Waals surface area contributed by atoms with Crippen molar-refractivity contribution in [2.24, 2.45) is 0 Å². The van der Waals surface area contributed by atoms with E-state index in [1.807, 2.05) is 25.1 Å². The number of nitrogens with one attached hydrogen (secondary N) is 1. The smallest absolute Gasteiger partial charge is 0.338 e. The van der Waals surface area contributed by atoms with Gasteiger partial charge in [0, 0.05) is 11.4 Å². The highest BCUT2D eigenvalue weighted by Gasteiger charge is 2.34. The van der Waals surface area contributed by atoms with E-state index in [0.717, 1.165) is 11.3 Å². The number of carbonyl (C=O) groups excluding carboxylic acids is 1. The van der Waals surface area contributed by atoms with Crippen LogP contribution in [0.25, 0.3) is 0 Å². The number of nitrogens with zero attached hydrogens (tertiary/aromatic N) is 3. The lowest BCUT2D eigenvalue weighted by Crippen LogP contribution is -2.29. The quantitative estimate of drug-likeness (QED) is 0.491. The van der Waals surface area contributed by atoms with Gasteiger partial charge in [0.25, 0.3) is 0 Å². The van der Waals surface area contributed by atoms with Crippen LogP contribution in [0.2, 0.25) is 0 Å². The van der Waals surface area contributed by atoms with Crippen LogP contribution < -0.4 is 5.32 Å². The average Bonchev–Trinajstić information content (AvgIpc) is 3.14. The number of phenols is 1. The standard InChI is InChI=1S/C21H20N4O3S/c1-13-17(19(27)28-2)18(15-8-10-16(26)11-9-15)25-20(22-13)23-21(24-25)29-12-14-6-4-3-5-7-14/h3-11,18,26H,12H2,1-2H3,(H,22,23,24). The molecular weight excluding hydrogens is 388 g/mol. The fourth-order valence-corrected chi connectivity index (χ4v) is 4.04. The van der Waals surface area contributed by atoms with Gasteiger partial charge in [-0.05, 0) is 30.2 Å². The molecule has 7 nitrogen and oxygen atoms in total. The second-order valence-electron chi connectivity index (χ2n) is 6.59. The summed E-state index contributed by atoms with van der Waals surface area (Å²) in [6, 6.07) is 16.3. The summed E-state index contributed by atoms with van der Waals surface area (Å²) in [7, 11) is 1.36. The predicted octanol–water partition coefficient (Wildman–Crippen LogP) is 3.74. The molecule has 0 aliphatic carbocycles. The molecule has 4 rings (SSSR count). The maximum Gasteiger partial charge on any atom is 0.338 e. The molecule has 0 saturated heterocycles. The molecule has 0 bridgehead atoms. The van der Waals surface area contributed by atoms with Gasteiger partial charge in [-0.2, -0.15) is 4.98 Å². The van der Waals surface area contributed by atoms with Crippen molar-refractivity contribution in [3.63, 3.8) is 0 Å². The topological polar surface area (TPSA) is 89.3 Å². The minimum atomic E-state index is -0.502. The number of hydrogen-bond donors (Lipinski definition) is 2. The number of methoxy groups -OCH3 is 1. The zero-order valence-corrected chi connectivity index (χ0v) is 16.8. The van der Waals surface area contributed by atoms with E-state index in [4.69, 9.17) is 4.74 Å². The number of aromatic hydroxyl groups is 1. The van der Waals surface area contributed by atoms with Crippen LogP contribution in [-0.4, -0.2) is 33.0 Å². The molecule has 148 valence electrons. The number of carbonyl (C=O) groups is 1. The first-order valence-electron chi connectivity index (χ1n) is 9.05. The molecule has 2 heterocycles. The molecule has 2 aromatic carbocycles. The Balaban J connectivity index is 1.70. The normalized spacial score (nSPS) is 15.6. The van der Waals surface area contributed by atoms with Crippen molar-refractivity contribution < 1.29 is 14.6 Å². The molecule has 8 heteroatoms. The van der Waals surface area contributed by atoms with Gasteiger partial charge in [-0.3, -0.25) is 0 Å². The molecule has 1 aromatic heterocycles. The molecule has 0 spiro atoms. The highest BCUT2D eigenvalue weighted by atomic mass is 32.2. The molecule has 29 heavy (non-hydrogen) atoms.